The highest BCUT2D eigenvalue weighted by Gasteiger charge is 2.22. The molecule has 0 radical (unpaired) electrons. The van der Waals surface area contributed by atoms with E-state index in [1.807, 2.05) is 6.92 Å². The number of unbranched alkanes of at least 4 members (excludes halogenated alkanes) is 1. The van der Waals surface area contributed by atoms with Crippen molar-refractivity contribution in [2.75, 3.05) is 39.8 Å². The minimum absolute atomic E-state index is 0.0482. The molecule has 1 aliphatic rings. The lowest BCUT2D eigenvalue weighted by Gasteiger charge is -2.30. The van der Waals surface area contributed by atoms with Gasteiger partial charge in [0, 0.05) is 19.5 Å². The summed E-state index contributed by atoms with van der Waals surface area (Å²) in [5, 5.41) is 6.49. The summed E-state index contributed by atoms with van der Waals surface area (Å²) in [6, 6.07) is 6.39. The number of nitrogens with one attached hydrogen (secondary N) is 2. The third-order valence-electron chi connectivity index (χ3n) is 5.13. The first-order chi connectivity index (χ1) is 14.0. The van der Waals surface area contributed by atoms with Crippen LogP contribution in [0.15, 0.2) is 29.3 Å². The lowest BCUT2D eigenvalue weighted by molar-refractivity contribution is -0.123. The van der Waals surface area contributed by atoms with Crippen LogP contribution < -0.4 is 21.1 Å². The molecular formula is C21H34FN5O2. The van der Waals surface area contributed by atoms with Crippen molar-refractivity contribution < 1.29 is 13.9 Å². The molecule has 1 heterocycles. The number of nitrogens with two attached hydrogens (primary N) is 1. The van der Waals surface area contributed by atoms with Gasteiger partial charge in [0.05, 0.1) is 6.54 Å². The van der Waals surface area contributed by atoms with Crippen molar-refractivity contribution >= 4 is 11.9 Å². The Labute approximate surface area is 172 Å². The minimum Gasteiger partial charge on any atom is -0.486 e. The van der Waals surface area contributed by atoms with Crippen LogP contribution in [0.2, 0.25) is 0 Å². The topological polar surface area (TPSA) is 92.0 Å². The molecule has 2 rings (SSSR count). The molecular weight excluding hydrogens is 373 g/mol. The number of halogens is 1. The van der Waals surface area contributed by atoms with Crippen LogP contribution in [-0.4, -0.2) is 62.6 Å². The molecule has 0 saturated carbocycles. The molecule has 1 saturated heterocycles. The fraction of sp³-hybridized carbons (Fsp3) is 0.619. The number of guanidine groups is 1. The summed E-state index contributed by atoms with van der Waals surface area (Å²) in [5.41, 5.74) is 5.37. The maximum atomic E-state index is 13.6. The zero-order valence-corrected chi connectivity index (χ0v) is 17.5. The summed E-state index contributed by atoms with van der Waals surface area (Å²) in [4.78, 5) is 17.8. The second-order valence-electron chi connectivity index (χ2n) is 7.46. The molecule has 1 aliphatic heterocycles. The zero-order chi connectivity index (χ0) is 21.1. The predicted molar refractivity (Wildman–Crippen MR) is 113 cm³/mol. The molecule has 0 aliphatic carbocycles. The van der Waals surface area contributed by atoms with E-state index in [2.05, 4.69) is 20.5 Å². The number of carbonyl (C=O) groups excluding carboxylic acids is 1. The quantitative estimate of drug-likeness (QED) is 0.312. The molecule has 0 bridgehead atoms. The van der Waals surface area contributed by atoms with Gasteiger partial charge in [0.15, 0.2) is 17.5 Å². The summed E-state index contributed by atoms with van der Waals surface area (Å²) >= 11 is 0. The van der Waals surface area contributed by atoms with E-state index < -0.39 is 0 Å². The summed E-state index contributed by atoms with van der Waals surface area (Å²) in [6.45, 7) is 6.15. The van der Waals surface area contributed by atoms with Crippen molar-refractivity contribution in [3.8, 4) is 5.75 Å². The van der Waals surface area contributed by atoms with Crippen LogP contribution in [0.5, 0.6) is 5.75 Å². The third kappa shape index (κ3) is 8.27. The predicted octanol–water partition coefficient (Wildman–Crippen LogP) is 1.74. The van der Waals surface area contributed by atoms with Gasteiger partial charge >= 0.3 is 0 Å². The number of ether oxygens (including phenoxy) is 1. The summed E-state index contributed by atoms with van der Waals surface area (Å²) < 4.78 is 19.3. The average molecular weight is 408 g/mol. The van der Waals surface area contributed by atoms with Gasteiger partial charge in [0.25, 0.3) is 0 Å². The molecule has 0 aromatic heterocycles. The van der Waals surface area contributed by atoms with Crippen LogP contribution in [0.3, 0.4) is 0 Å². The first kappa shape index (κ1) is 22.9. The number of para-hydroxylation sites is 1. The number of carbonyl (C=O) groups is 1. The molecule has 4 N–H and O–H groups in total. The SMILES string of the molecule is CN=C(NCCCCN1CCC(C(N)=O)CC1)NCC(C)Oc1ccccc1F. The molecule has 162 valence electrons. The van der Waals surface area contributed by atoms with Gasteiger partial charge in [-0.15, -0.1) is 0 Å². The van der Waals surface area contributed by atoms with Crippen LogP contribution in [0, 0.1) is 11.7 Å². The van der Waals surface area contributed by atoms with Crippen molar-refractivity contribution in [2.45, 2.75) is 38.7 Å². The van der Waals surface area contributed by atoms with Crippen LogP contribution in [0.1, 0.15) is 32.6 Å². The van der Waals surface area contributed by atoms with E-state index in [1.165, 1.54) is 6.07 Å². The van der Waals surface area contributed by atoms with Gasteiger partial charge in [-0.3, -0.25) is 9.79 Å². The second kappa shape index (κ2) is 12.3. The van der Waals surface area contributed by atoms with Gasteiger partial charge in [-0.05, 0) is 64.4 Å². The lowest BCUT2D eigenvalue weighted by atomic mass is 9.96. The number of amides is 1. The molecule has 1 aromatic rings. The number of primary amides is 1. The molecule has 1 unspecified atom stereocenters. The van der Waals surface area contributed by atoms with Crippen molar-refractivity contribution in [3.05, 3.63) is 30.1 Å². The van der Waals surface area contributed by atoms with E-state index in [-0.39, 0.29) is 29.5 Å². The third-order valence-corrected chi connectivity index (χ3v) is 5.13. The summed E-state index contributed by atoms with van der Waals surface area (Å²) in [7, 11) is 1.72. The van der Waals surface area contributed by atoms with Crippen molar-refractivity contribution in [2.24, 2.45) is 16.6 Å². The van der Waals surface area contributed by atoms with Gasteiger partial charge in [-0.2, -0.15) is 0 Å². The Morgan fingerprint density at radius 2 is 2.03 bits per heavy atom. The van der Waals surface area contributed by atoms with Gasteiger partial charge in [0.2, 0.25) is 5.91 Å². The highest BCUT2D eigenvalue weighted by atomic mass is 19.1. The molecule has 29 heavy (non-hydrogen) atoms. The molecule has 1 aromatic carbocycles. The number of nitrogens with zero attached hydrogens (tertiary/aromatic N) is 2. The van der Waals surface area contributed by atoms with E-state index in [0.717, 1.165) is 51.9 Å². The summed E-state index contributed by atoms with van der Waals surface area (Å²) in [5.74, 6) is 0.481. The highest BCUT2D eigenvalue weighted by molar-refractivity contribution is 5.79. The van der Waals surface area contributed by atoms with Crippen LogP contribution in [0.4, 0.5) is 4.39 Å². The molecule has 7 nitrogen and oxygen atoms in total. The van der Waals surface area contributed by atoms with E-state index in [4.69, 9.17) is 10.5 Å². The maximum Gasteiger partial charge on any atom is 0.220 e. The highest BCUT2D eigenvalue weighted by Crippen LogP contribution is 2.17. The van der Waals surface area contributed by atoms with Crippen molar-refractivity contribution in [3.63, 3.8) is 0 Å². The van der Waals surface area contributed by atoms with E-state index >= 15 is 0 Å². The Morgan fingerprint density at radius 3 is 2.69 bits per heavy atom. The maximum absolute atomic E-state index is 13.6. The number of hydrogen-bond donors (Lipinski definition) is 3. The summed E-state index contributed by atoms with van der Waals surface area (Å²) in [6.07, 6.45) is 3.65. The molecule has 1 atom stereocenters. The van der Waals surface area contributed by atoms with Crippen molar-refractivity contribution in [1.29, 1.82) is 0 Å². The van der Waals surface area contributed by atoms with Crippen LogP contribution in [-0.2, 0) is 4.79 Å². The Balaban J connectivity index is 1.56. The lowest BCUT2D eigenvalue weighted by Crippen LogP contribution is -2.42. The van der Waals surface area contributed by atoms with Crippen molar-refractivity contribution in [1.82, 2.24) is 15.5 Å². The number of rotatable bonds is 10. The van der Waals surface area contributed by atoms with Gasteiger partial charge in [-0.1, -0.05) is 12.1 Å². The van der Waals surface area contributed by atoms with E-state index in [9.17, 15) is 9.18 Å². The number of hydrogen-bond acceptors (Lipinski definition) is 4. The second-order valence-corrected chi connectivity index (χ2v) is 7.46. The Bertz CT molecular complexity index is 662. The fourth-order valence-corrected chi connectivity index (χ4v) is 3.37. The molecule has 1 amide bonds. The fourth-order valence-electron chi connectivity index (χ4n) is 3.37. The molecule has 1 fully saturated rings. The number of benzene rings is 1. The first-order valence-electron chi connectivity index (χ1n) is 10.4. The van der Waals surface area contributed by atoms with Crippen LogP contribution >= 0.6 is 0 Å². The average Bonchev–Trinajstić information content (AvgIpc) is 2.72. The van der Waals surface area contributed by atoms with E-state index in [1.54, 1.807) is 25.2 Å². The Morgan fingerprint density at radius 1 is 1.31 bits per heavy atom. The number of aliphatic imine (C=N–C) groups is 1. The van der Waals surface area contributed by atoms with Gasteiger partial charge < -0.3 is 26.0 Å². The zero-order valence-electron chi connectivity index (χ0n) is 17.5. The number of piperidine rings is 1. The largest absolute Gasteiger partial charge is 0.486 e. The molecule has 0 spiro atoms. The first-order valence-corrected chi connectivity index (χ1v) is 10.4. The number of likely N-dealkylation sites (tertiary alicyclic amines) is 1. The van der Waals surface area contributed by atoms with Gasteiger partial charge in [0.1, 0.15) is 6.10 Å². The molecule has 8 heteroatoms. The smallest absolute Gasteiger partial charge is 0.220 e. The monoisotopic (exact) mass is 407 g/mol. The normalized spacial score (nSPS) is 17.0. The minimum atomic E-state index is -0.360. The van der Waals surface area contributed by atoms with Gasteiger partial charge in [-0.25, -0.2) is 4.39 Å². The Kier molecular flexibility index (Phi) is 9.70. The standard InChI is InChI=1S/C21H34FN5O2/c1-16(29-19-8-4-3-7-18(19)22)15-26-21(24-2)25-11-5-6-12-27-13-9-17(10-14-27)20(23)28/h3-4,7-8,16-17H,5-6,9-15H2,1-2H3,(H2,23,28)(H2,24,25,26). The Hall–Kier alpha value is -2.35. The van der Waals surface area contributed by atoms with Crippen LogP contribution in [0.25, 0.3) is 0 Å². The van der Waals surface area contributed by atoms with E-state index in [0.29, 0.717) is 12.5 Å².